The van der Waals surface area contributed by atoms with E-state index in [0.29, 0.717) is 13.1 Å². The summed E-state index contributed by atoms with van der Waals surface area (Å²) in [6.45, 7) is 4.17. The number of nitrogens with one attached hydrogen (secondary N) is 2. The van der Waals surface area contributed by atoms with Crippen molar-refractivity contribution < 1.29 is 0 Å². The van der Waals surface area contributed by atoms with Crippen molar-refractivity contribution in [1.29, 1.82) is 0 Å². The molecule has 0 atom stereocenters. The molecule has 124 valence electrons. The fraction of sp³-hybridized carbons (Fsp3) is 0.263. The van der Waals surface area contributed by atoms with Gasteiger partial charge in [0, 0.05) is 13.6 Å². The Morgan fingerprint density at radius 2 is 1.79 bits per heavy atom. The van der Waals surface area contributed by atoms with E-state index in [0.717, 1.165) is 29.4 Å². The van der Waals surface area contributed by atoms with Gasteiger partial charge in [-0.3, -0.25) is 0 Å². The molecule has 1 aromatic heterocycles. The molecule has 1 heterocycles. The number of benzene rings is 2. The summed E-state index contributed by atoms with van der Waals surface area (Å²) in [5.74, 6) is 1.79. The minimum Gasteiger partial charge on any atom is -0.357 e. The smallest absolute Gasteiger partial charge is 0.191 e. The lowest BCUT2D eigenvalue weighted by Gasteiger charge is -2.11. The number of aromatic nitrogens is 2. The van der Waals surface area contributed by atoms with Crippen LogP contribution in [0.25, 0.3) is 11.0 Å². The first-order chi connectivity index (χ1) is 11.8. The second-order valence-electron chi connectivity index (χ2n) is 5.61. The Labute approximate surface area is 142 Å². The van der Waals surface area contributed by atoms with Crippen LogP contribution in [0, 0.1) is 0 Å². The van der Waals surface area contributed by atoms with Gasteiger partial charge in [0.25, 0.3) is 0 Å². The summed E-state index contributed by atoms with van der Waals surface area (Å²) in [5, 5.41) is 6.64. The first kappa shape index (κ1) is 16.1. The third-order valence-electron chi connectivity index (χ3n) is 3.90. The van der Waals surface area contributed by atoms with E-state index in [1.807, 2.05) is 43.4 Å². The van der Waals surface area contributed by atoms with E-state index in [2.05, 4.69) is 50.3 Å². The summed E-state index contributed by atoms with van der Waals surface area (Å²) >= 11 is 0. The van der Waals surface area contributed by atoms with E-state index < -0.39 is 0 Å². The van der Waals surface area contributed by atoms with Crippen LogP contribution >= 0.6 is 0 Å². The molecule has 0 unspecified atom stereocenters. The highest BCUT2D eigenvalue weighted by atomic mass is 15.2. The Morgan fingerprint density at radius 1 is 1.04 bits per heavy atom. The van der Waals surface area contributed by atoms with E-state index in [9.17, 15) is 0 Å². The average Bonchev–Trinajstić information content (AvgIpc) is 2.95. The van der Waals surface area contributed by atoms with Crippen LogP contribution in [-0.4, -0.2) is 22.1 Å². The lowest BCUT2D eigenvalue weighted by molar-refractivity contribution is 0.738. The third kappa shape index (κ3) is 3.74. The molecule has 0 saturated carbocycles. The Balaban J connectivity index is 1.70. The van der Waals surface area contributed by atoms with E-state index in [1.54, 1.807) is 0 Å². The zero-order valence-corrected chi connectivity index (χ0v) is 14.2. The Morgan fingerprint density at radius 3 is 2.54 bits per heavy atom. The zero-order valence-electron chi connectivity index (χ0n) is 14.2. The van der Waals surface area contributed by atoms with Crippen molar-refractivity contribution in [2.24, 2.45) is 12.0 Å². The maximum Gasteiger partial charge on any atom is 0.191 e. The predicted octanol–water partition coefficient (Wildman–Crippen LogP) is 2.83. The number of fused-ring (bicyclic) bond motifs is 1. The van der Waals surface area contributed by atoms with E-state index in [4.69, 9.17) is 0 Å². The second-order valence-corrected chi connectivity index (χ2v) is 5.61. The Hall–Kier alpha value is -2.82. The number of guanidine groups is 1. The van der Waals surface area contributed by atoms with Gasteiger partial charge in [-0.1, -0.05) is 42.5 Å². The molecule has 0 fully saturated rings. The molecule has 0 amide bonds. The van der Waals surface area contributed by atoms with Gasteiger partial charge in [0.1, 0.15) is 5.82 Å². The van der Waals surface area contributed by atoms with Gasteiger partial charge in [0.15, 0.2) is 5.96 Å². The number of aliphatic imine (C=N–C) groups is 1. The second kappa shape index (κ2) is 7.64. The third-order valence-corrected chi connectivity index (χ3v) is 3.90. The molecule has 2 aromatic carbocycles. The van der Waals surface area contributed by atoms with Gasteiger partial charge in [-0.25, -0.2) is 9.98 Å². The number of hydrogen-bond acceptors (Lipinski definition) is 2. The fourth-order valence-corrected chi connectivity index (χ4v) is 2.61. The molecule has 3 rings (SSSR count). The van der Waals surface area contributed by atoms with Crippen molar-refractivity contribution >= 4 is 17.0 Å². The molecule has 0 radical (unpaired) electrons. The average molecular weight is 321 g/mol. The van der Waals surface area contributed by atoms with Crippen molar-refractivity contribution in [3.8, 4) is 0 Å². The van der Waals surface area contributed by atoms with Crippen LogP contribution in [0.2, 0.25) is 0 Å². The quantitative estimate of drug-likeness (QED) is 0.561. The molecule has 0 bridgehead atoms. The van der Waals surface area contributed by atoms with Crippen LogP contribution in [-0.2, 0) is 20.1 Å². The summed E-state index contributed by atoms with van der Waals surface area (Å²) in [4.78, 5) is 9.32. The molecule has 0 aliphatic heterocycles. The van der Waals surface area contributed by atoms with Gasteiger partial charge in [0.2, 0.25) is 0 Å². The molecule has 5 nitrogen and oxygen atoms in total. The van der Waals surface area contributed by atoms with Crippen molar-refractivity contribution in [3.05, 3.63) is 66.0 Å². The molecule has 3 aromatic rings. The largest absolute Gasteiger partial charge is 0.357 e. The fourth-order valence-electron chi connectivity index (χ4n) is 2.61. The molecule has 2 N–H and O–H groups in total. The highest BCUT2D eigenvalue weighted by Gasteiger charge is 2.07. The van der Waals surface area contributed by atoms with Crippen LogP contribution in [0.1, 0.15) is 18.3 Å². The lowest BCUT2D eigenvalue weighted by Crippen LogP contribution is -2.37. The van der Waals surface area contributed by atoms with Gasteiger partial charge < -0.3 is 15.2 Å². The lowest BCUT2D eigenvalue weighted by atomic mass is 10.2. The van der Waals surface area contributed by atoms with Gasteiger partial charge in [-0.05, 0) is 24.6 Å². The van der Waals surface area contributed by atoms with E-state index in [-0.39, 0.29) is 0 Å². The summed E-state index contributed by atoms with van der Waals surface area (Å²) in [6, 6.07) is 18.4. The summed E-state index contributed by atoms with van der Waals surface area (Å²) in [6.07, 6.45) is 0. The van der Waals surface area contributed by atoms with Crippen LogP contribution in [0.3, 0.4) is 0 Å². The SMILES string of the molecule is CCNC(=NCc1ccccc1)NCc1nc2ccccc2n1C. The van der Waals surface area contributed by atoms with Crippen molar-refractivity contribution in [2.45, 2.75) is 20.0 Å². The van der Waals surface area contributed by atoms with Crippen LogP contribution in [0.15, 0.2) is 59.6 Å². The summed E-state index contributed by atoms with van der Waals surface area (Å²) in [7, 11) is 2.04. The Bertz CT molecular complexity index is 820. The molecule has 0 aliphatic rings. The summed E-state index contributed by atoms with van der Waals surface area (Å²) < 4.78 is 2.11. The van der Waals surface area contributed by atoms with E-state index in [1.165, 1.54) is 5.56 Å². The van der Waals surface area contributed by atoms with Crippen molar-refractivity contribution in [2.75, 3.05) is 6.54 Å². The highest BCUT2D eigenvalue weighted by Crippen LogP contribution is 2.13. The minimum absolute atomic E-state index is 0.631. The standard InChI is InChI=1S/C19H23N5/c1-3-20-19(21-13-15-9-5-4-6-10-15)22-14-18-23-16-11-7-8-12-17(16)24(18)2/h4-12H,3,13-14H2,1-2H3,(H2,20,21,22). The van der Waals surface area contributed by atoms with Gasteiger partial charge in [0.05, 0.1) is 24.1 Å². The molecular formula is C19H23N5. The normalized spacial score (nSPS) is 11.7. The molecule has 0 aliphatic carbocycles. The number of aryl methyl sites for hydroxylation is 1. The summed E-state index contributed by atoms with van der Waals surface area (Å²) in [5.41, 5.74) is 3.35. The van der Waals surface area contributed by atoms with Crippen LogP contribution in [0.4, 0.5) is 0 Å². The number of rotatable bonds is 5. The Kier molecular flexibility index (Phi) is 5.11. The monoisotopic (exact) mass is 321 g/mol. The number of nitrogens with zero attached hydrogens (tertiary/aromatic N) is 3. The van der Waals surface area contributed by atoms with Crippen molar-refractivity contribution in [1.82, 2.24) is 20.2 Å². The first-order valence-electron chi connectivity index (χ1n) is 8.24. The highest BCUT2D eigenvalue weighted by molar-refractivity contribution is 5.80. The van der Waals surface area contributed by atoms with Gasteiger partial charge >= 0.3 is 0 Å². The van der Waals surface area contributed by atoms with Gasteiger partial charge in [-0.15, -0.1) is 0 Å². The molecule has 24 heavy (non-hydrogen) atoms. The van der Waals surface area contributed by atoms with Gasteiger partial charge in [-0.2, -0.15) is 0 Å². The first-order valence-corrected chi connectivity index (χ1v) is 8.24. The van der Waals surface area contributed by atoms with Crippen LogP contribution in [0.5, 0.6) is 0 Å². The minimum atomic E-state index is 0.631. The number of imidazole rings is 1. The number of para-hydroxylation sites is 2. The molecular weight excluding hydrogens is 298 g/mol. The maximum atomic E-state index is 4.68. The molecule has 5 heteroatoms. The topological polar surface area (TPSA) is 54.2 Å². The van der Waals surface area contributed by atoms with E-state index >= 15 is 0 Å². The van der Waals surface area contributed by atoms with Crippen LogP contribution < -0.4 is 10.6 Å². The van der Waals surface area contributed by atoms with Crippen molar-refractivity contribution in [3.63, 3.8) is 0 Å². The molecule has 0 saturated heterocycles. The zero-order chi connectivity index (χ0) is 16.8. The number of hydrogen-bond donors (Lipinski definition) is 2. The predicted molar refractivity (Wildman–Crippen MR) is 98.8 cm³/mol. The maximum absolute atomic E-state index is 4.68. The molecule has 0 spiro atoms.